The van der Waals surface area contributed by atoms with Crippen molar-refractivity contribution in [3.05, 3.63) is 78.1 Å². The zero-order valence-corrected chi connectivity index (χ0v) is 20.1. The van der Waals surface area contributed by atoms with E-state index in [2.05, 4.69) is 9.88 Å². The number of benzene rings is 3. The van der Waals surface area contributed by atoms with Gasteiger partial charge in [0.2, 0.25) is 0 Å². The van der Waals surface area contributed by atoms with Crippen molar-refractivity contribution in [3.63, 3.8) is 0 Å². The molecule has 1 aromatic heterocycles. The second-order valence-corrected chi connectivity index (χ2v) is 7.77. The molecule has 0 aliphatic rings. The average Bonchev–Trinajstić information content (AvgIpc) is 3.26. The molecule has 0 radical (unpaired) electrons. The van der Waals surface area contributed by atoms with Gasteiger partial charge in [-0.3, -0.25) is 4.79 Å². The van der Waals surface area contributed by atoms with Crippen LogP contribution in [0, 0.1) is 0 Å². The van der Waals surface area contributed by atoms with E-state index in [1.807, 2.05) is 48.5 Å². The van der Waals surface area contributed by atoms with Crippen LogP contribution in [0.4, 0.5) is 0 Å². The number of nitrogens with zero attached hydrogens (tertiary/aromatic N) is 2. The van der Waals surface area contributed by atoms with Gasteiger partial charge < -0.3 is 28.8 Å². The summed E-state index contributed by atoms with van der Waals surface area (Å²) in [5.41, 5.74) is 2.38. The maximum Gasteiger partial charge on any atom is 0.251 e. The number of fused-ring (bicyclic) bond motifs is 1. The number of carbonyl (C=O) groups is 1. The second kappa shape index (κ2) is 11.3. The first kappa shape index (κ1) is 23.9. The van der Waals surface area contributed by atoms with E-state index in [9.17, 15) is 4.79 Å². The van der Waals surface area contributed by atoms with E-state index in [4.69, 9.17) is 23.9 Å². The lowest BCUT2D eigenvalue weighted by molar-refractivity contribution is 0.0949. The van der Waals surface area contributed by atoms with Crippen molar-refractivity contribution in [1.29, 1.82) is 0 Å². The Kier molecular flexibility index (Phi) is 7.72. The van der Waals surface area contributed by atoms with Gasteiger partial charge in [-0.15, -0.1) is 0 Å². The molecule has 1 heterocycles. The Morgan fingerprint density at radius 3 is 2.31 bits per heavy atom. The van der Waals surface area contributed by atoms with Crippen molar-refractivity contribution >= 4 is 16.9 Å². The molecule has 4 rings (SSSR count). The smallest absolute Gasteiger partial charge is 0.251 e. The van der Waals surface area contributed by atoms with Gasteiger partial charge in [0, 0.05) is 12.1 Å². The lowest BCUT2D eigenvalue weighted by Gasteiger charge is -2.13. The largest absolute Gasteiger partial charge is 0.493 e. The summed E-state index contributed by atoms with van der Waals surface area (Å²) in [5.74, 6) is 3.05. The number of carbonyl (C=O) groups excluding carboxylic acids is 1. The van der Waals surface area contributed by atoms with Gasteiger partial charge in [-0.1, -0.05) is 24.3 Å². The monoisotopic (exact) mass is 475 g/mol. The summed E-state index contributed by atoms with van der Waals surface area (Å²) < 4.78 is 24.0. The molecule has 0 fully saturated rings. The molecule has 0 aliphatic heterocycles. The van der Waals surface area contributed by atoms with Gasteiger partial charge >= 0.3 is 0 Å². The molecule has 182 valence electrons. The first-order chi connectivity index (χ1) is 17.1. The Morgan fingerprint density at radius 2 is 1.54 bits per heavy atom. The molecule has 35 heavy (non-hydrogen) atoms. The third kappa shape index (κ3) is 5.48. The number of hydrogen-bond acceptors (Lipinski definition) is 6. The number of aromatic nitrogens is 2. The van der Waals surface area contributed by atoms with E-state index in [1.54, 1.807) is 39.5 Å². The van der Waals surface area contributed by atoms with Crippen LogP contribution in [0.25, 0.3) is 11.0 Å². The minimum atomic E-state index is -0.218. The van der Waals surface area contributed by atoms with E-state index in [0.717, 1.165) is 23.3 Å². The minimum Gasteiger partial charge on any atom is -0.493 e. The van der Waals surface area contributed by atoms with E-state index in [-0.39, 0.29) is 12.5 Å². The summed E-state index contributed by atoms with van der Waals surface area (Å²) >= 11 is 0. The normalized spacial score (nSPS) is 10.7. The third-order valence-corrected chi connectivity index (χ3v) is 5.64. The summed E-state index contributed by atoms with van der Waals surface area (Å²) in [6.07, 6.45) is 0.759. The first-order valence-corrected chi connectivity index (χ1v) is 11.3. The van der Waals surface area contributed by atoms with E-state index in [1.165, 1.54) is 0 Å². The lowest BCUT2D eigenvalue weighted by atomic mass is 10.2. The number of aryl methyl sites for hydroxylation is 1. The molecule has 4 aromatic rings. The van der Waals surface area contributed by atoms with Crippen LogP contribution in [0.15, 0.2) is 66.7 Å². The number of rotatable bonds is 11. The standard InChI is InChI=1S/C27H29N3O5/c1-32-22-11-6-7-12-24(22)35-16-8-15-30-21-10-5-4-9-20(21)29-26(30)18-28-27(31)19-13-14-23(33-2)25(17-19)34-3/h4-7,9-14,17H,8,15-16,18H2,1-3H3,(H,28,31). The highest BCUT2D eigenvalue weighted by Gasteiger charge is 2.14. The number of amides is 1. The van der Waals surface area contributed by atoms with Gasteiger partial charge in [-0.25, -0.2) is 4.98 Å². The third-order valence-electron chi connectivity index (χ3n) is 5.64. The molecule has 0 saturated heterocycles. The van der Waals surface area contributed by atoms with Gasteiger partial charge in [0.1, 0.15) is 5.82 Å². The molecule has 0 aliphatic carbocycles. The van der Waals surface area contributed by atoms with Crippen molar-refractivity contribution in [2.24, 2.45) is 0 Å². The van der Waals surface area contributed by atoms with Crippen LogP contribution < -0.4 is 24.3 Å². The highest BCUT2D eigenvalue weighted by molar-refractivity contribution is 5.94. The van der Waals surface area contributed by atoms with Crippen molar-refractivity contribution < 1.29 is 23.7 Å². The maximum absolute atomic E-state index is 12.8. The van der Waals surface area contributed by atoms with E-state index < -0.39 is 0 Å². The van der Waals surface area contributed by atoms with Crippen LogP contribution in [0.5, 0.6) is 23.0 Å². The van der Waals surface area contributed by atoms with Crippen LogP contribution in [0.1, 0.15) is 22.6 Å². The Hall–Kier alpha value is -4.20. The molecular weight excluding hydrogens is 446 g/mol. The maximum atomic E-state index is 12.8. The Morgan fingerprint density at radius 1 is 0.857 bits per heavy atom. The number of nitrogens with one attached hydrogen (secondary N) is 1. The summed E-state index contributed by atoms with van der Waals surface area (Å²) in [5, 5.41) is 2.97. The van der Waals surface area contributed by atoms with E-state index in [0.29, 0.717) is 41.7 Å². The van der Waals surface area contributed by atoms with Gasteiger partial charge in [0.25, 0.3) is 5.91 Å². The number of imidazole rings is 1. The van der Waals surface area contributed by atoms with Crippen molar-refractivity contribution in [2.75, 3.05) is 27.9 Å². The Balaban J connectivity index is 1.44. The highest BCUT2D eigenvalue weighted by Crippen LogP contribution is 2.28. The fourth-order valence-corrected chi connectivity index (χ4v) is 3.89. The zero-order valence-electron chi connectivity index (χ0n) is 20.1. The Labute approximate surface area is 204 Å². The SMILES string of the molecule is COc1ccc(C(=O)NCc2nc3ccccc3n2CCCOc2ccccc2OC)cc1OC. The fraction of sp³-hybridized carbons (Fsp3) is 0.259. The van der Waals surface area contributed by atoms with Crippen LogP contribution in [-0.4, -0.2) is 43.4 Å². The van der Waals surface area contributed by atoms with E-state index >= 15 is 0 Å². The molecular formula is C27H29N3O5. The van der Waals surface area contributed by atoms with Crippen molar-refractivity contribution in [2.45, 2.75) is 19.5 Å². The first-order valence-electron chi connectivity index (χ1n) is 11.3. The topological polar surface area (TPSA) is 83.8 Å². The summed E-state index contributed by atoms with van der Waals surface area (Å²) in [6.45, 7) is 1.50. The molecule has 8 nitrogen and oxygen atoms in total. The fourth-order valence-electron chi connectivity index (χ4n) is 3.89. The molecule has 1 N–H and O–H groups in total. The van der Waals surface area contributed by atoms with Gasteiger partial charge in [-0.05, 0) is 48.9 Å². The van der Waals surface area contributed by atoms with Crippen LogP contribution >= 0.6 is 0 Å². The zero-order chi connectivity index (χ0) is 24.6. The molecule has 3 aromatic carbocycles. The summed E-state index contributed by atoms with van der Waals surface area (Å²) in [6, 6.07) is 20.6. The second-order valence-electron chi connectivity index (χ2n) is 7.77. The molecule has 0 atom stereocenters. The predicted octanol–water partition coefficient (Wildman–Crippen LogP) is 4.46. The number of hydrogen-bond donors (Lipinski definition) is 1. The minimum absolute atomic E-state index is 0.218. The average molecular weight is 476 g/mol. The number of para-hydroxylation sites is 4. The quantitative estimate of drug-likeness (QED) is 0.323. The molecule has 0 saturated carbocycles. The Bertz CT molecular complexity index is 1300. The number of methoxy groups -OCH3 is 3. The van der Waals surface area contributed by atoms with Crippen molar-refractivity contribution in [1.82, 2.24) is 14.9 Å². The van der Waals surface area contributed by atoms with Gasteiger partial charge in [-0.2, -0.15) is 0 Å². The highest BCUT2D eigenvalue weighted by atomic mass is 16.5. The predicted molar refractivity (Wildman–Crippen MR) is 134 cm³/mol. The van der Waals surface area contributed by atoms with Crippen LogP contribution in [0.2, 0.25) is 0 Å². The van der Waals surface area contributed by atoms with Gasteiger partial charge in [0.05, 0.1) is 45.5 Å². The summed E-state index contributed by atoms with van der Waals surface area (Å²) in [7, 11) is 4.73. The molecule has 0 bridgehead atoms. The van der Waals surface area contributed by atoms with Crippen LogP contribution in [0.3, 0.4) is 0 Å². The summed E-state index contributed by atoms with van der Waals surface area (Å²) in [4.78, 5) is 17.6. The van der Waals surface area contributed by atoms with Gasteiger partial charge in [0.15, 0.2) is 23.0 Å². The van der Waals surface area contributed by atoms with Crippen LogP contribution in [-0.2, 0) is 13.1 Å². The number of ether oxygens (including phenoxy) is 4. The molecule has 0 unspecified atom stereocenters. The molecule has 0 spiro atoms. The lowest BCUT2D eigenvalue weighted by Crippen LogP contribution is -2.25. The molecule has 8 heteroatoms. The van der Waals surface area contributed by atoms with Crippen molar-refractivity contribution in [3.8, 4) is 23.0 Å². The molecule has 1 amide bonds.